The van der Waals surface area contributed by atoms with Crippen molar-refractivity contribution in [1.82, 2.24) is 4.98 Å². The number of carbonyl (C=O) groups is 2. The van der Waals surface area contributed by atoms with Gasteiger partial charge in [-0.3, -0.25) is 14.6 Å². The lowest BCUT2D eigenvalue weighted by molar-refractivity contribution is -0.121. The maximum absolute atomic E-state index is 11.6. The molecule has 0 saturated carbocycles. The molecule has 1 aliphatic rings. The molecule has 1 fully saturated rings. The number of imide groups is 1. The molecular weight excluding hydrogens is 279 g/mol. The van der Waals surface area contributed by atoms with Gasteiger partial charge in [-0.05, 0) is 23.9 Å². The van der Waals surface area contributed by atoms with Gasteiger partial charge in [0.1, 0.15) is 5.44 Å². The molecule has 17 heavy (non-hydrogen) atoms. The molecule has 0 radical (unpaired) electrons. The maximum Gasteiger partial charge on any atom is 0.234 e. The van der Waals surface area contributed by atoms with Gasteiger partial charge in [0.25, 0.3) is 0 Å². The van der Waals surface area contributed by atoms with E-state index in [2.05, 4.69) is 17.2 Å². The first kappa shape index (κ1) is 12.7. The molecule has 8 heteroatoms. The zero-order chi connectivity index (χ0) is 12.6. The largest absolute Gasteiger partial charge is 0.353 e. The SMILES string of the molecule is O=C1CCC(=O)N1c1cccnc1P(O)(=S)S. The van der Waals surface area contributed by atoms with Crippen molar-refractivity contribution < 1.29 is 14.5 Å². The fraction of sp³-hybridized carbons (Fsp3) is 0.222. The van der Waals surface area contributed by atoms with Crippen molar-refractivity contribution in [2.75, 3.05) is 4.90 Å². The minimum Gasteiger partial charge on any atom is -0.353 e. The first-order valence-corrected chi connectivity index (χ1v) is 8.69. The molecule has 1 saturated heterocycles. The first-order chi connectivity index (χ1) is 7.91. The Labute approximate surface area is 108 Å². The molecule has 2 rings (SSSR count). The Bertz CT molecular complexity index is 527. The molecule has 0 bridgehead atoms. The van der Waals surface area contributed by atoms with Crippen LogP contribution in [-0.4, -0.2) is 21.7 Å². The second kappa shape index (κ2) is 4.49. The Morgan fingerprint density at radius 2 is 2.00 bits per heavy atom. The van der Waals surface area contributed by atoms with Crippen LogP contribution < -0.4 is 10.3 Å². The summed E-state index contributed by atoms with van der Waals surface area (Å²) in [5, 5.41) is 0. The molecule has 2 heterocycles. The van der Waals surface area contributed by atoms with Crippen molar-refractivity contribution >= 4 is 52.5 Å². The molecule has 1 aromatic heterocycles. The predicted molar refractivity (Wildman–Crippen MR) is 71.1 cm³/mol. The van der Waals surface area contributed by atoms with Gasteiger partial charge in [-0.1, -0.05) is 0 Å². The van der Waals surface area contributed by atoms with Crippen LogP contribution >= 0.6 is 17.7 Å². The van der Waals surface area contributed by atoms with E-state index in [1.165, 1.54) is 12.3 Å². The molecule has 1 unspecified atom stereocenters. The Balaban J connectivity index is 2.56. The fourth-order valence-electron chi connectivity index (χ4n) is 1.63. The second-order valence-corrected chi connectivity index (χ2v) is 9.16. The highest BCUT2D eigenvalue weighted by molar-refractivity contribution is 8.63. The van der Waals surface area contributed by atoms with Gasteiger partial charge in [-0.15, -0.1) is 12.2 Å². The minimum absolute atomic E-state index is 0.127. The summed E-state index contributed by atoms with van der Waals surface area (Å²) in [5.41, 5.74) is -2.71. The summed E-state index contributed by atoms with van der Waals surface area (Å²) < 4.78 is 0. The number of nitrogens with zero attached hydrogens (tertiary/aromatic N) is 2. The molecule has 1 atom stereocenters. The number of carbonyl (C=O) groups excluding carboxylic acids is 2. The zero-order valence-corrected chi connectivity index (χ0v) is 11.2. The molecule has 90 valence electrons. The highest BCUT2D eigenvalue weighted by Crippen LogP contribution is 2.46. The molecule has 1 N–H and O–H groups in total. The molecule has 0 aliphatic carbocycles. The van der Waals surface area contributed by atoms with E-state index in [0.29, 0.717) is 0 Å². The maximum atomic E-state index is 11.6. The van der Waals surface area contributed by atoms with Gasteiger partial charge in [0.15, 0.2) is 5.47 Å². The van der Waals surface area contributed by atoms with Gasteiger partial charge in [-0.2, -0.15) is 0 Å². The standard InChI is InChI=1S/C9H9N2O3PS2/c12-7-3-4-8(13)11(7)6-2-1-5-10-9(6)15(14,16)17/h1-2,5H,3-4H2,(H2,14,16,17). The van der Waals surface area contributed by atoms with Crippen molar-refractivity contribution in [3.63, 3.8) is 0 Å². The van der Waals surface area contributed by atoms with Gasteiger partial charge in [0.2, 0.25) is 11.8 Å². The number of pyridine rings is 1. The molecular formula is C9H9N2O3PS2. The van der Waals surface area contributed by atoms with Crippen LogP contribution in [0.25, 0.3) is 0 Å². The molecule has 1 aliphatic heterocycles. The van der Waals surface area contributed by atoms with E-state index in [0.717, 1.165) is 4.90 Å². The monoisotopic (exact) mass is 288 g/mol. The van der Waals surface area contributed by atoms with Crippen LogP contribution in [0.5, 0.6) is 0 Å². The van der Waals surface area contributed by atoms with E-state index in [1.807, 2.05) is 0 Å². The topological polar surface area (TPSA) is 70.5 Å². The summed E-state index contributed by atoms with van der Waals surface area (Å²) in [6.45, 7) is 0. The second-order valence-electron chi connectivity index (χ2n) is 3.51. The third-order valence-corrected chi connectivity index (χ3v) is 4.32. The smallest absolute Gasteiger partial charge is 0.234 e. The number of rotatable bonds is 2. The third-order valence-electron chi connectivity index (χ3n) is 2.33. The van der Waals surface area contributed by atoms with Gasteiger partial charge < -0.3 is 4.89 Å². The average Bonchev–Trinajstić information content (AvgIpc) is 2.57. The van der Waals surface area contributed by atoms with Crippen LogP contribution in [0.4, 0.5) is 5.69 Å². The molecule has 2 amide bonds. The Morgan fingerprint density at radius 1 is 1.41 bits per heavy atom. The number of aromatic nitrogens is 1. The summed E-state index contributed by atoms with van der Waals surface area (Å²) in [5.74, 6) is -0.609. The van der Waals surface area contributed by atoms with Crippen LogP contribution in [0.15, 0.2) is 18.3 Å². The summed E-state index contributed by atoms with van der Waals surface area (Å²) in [6.07, 6.45) is 1.79. The van der Waals surface area contributed by atoms with Crippen molar-refractivity contribution in [2.45, 2.75) is 12.8 Å². The number of amides is 2. The highest BCUT2D eigenvalue weighted by Gasteiger charge is 2.34. The van der Waals surface area contributed by atoms with E-state index < -0.39 is 5.47 Å². The zero-order valence-electron chi connectivity index (χ0n) is 8.61. The lowest BCUT2D eigenvalue weighted by Crippen LogP contribution is -2.33. The number of hydrogen-bond acceptors (Lipinski definition) is 4. The van der Waals surface area contributed by atoms with Crippen molar-refractivity contribution in [1.29, 1.82) is 0 Å². The van der Waals surface area contributed by atoms with E-state index in [9.17, 15) is 14.5 Å². The number of thiol groups is 1. The fourth-order valence-corrected chi connectivity index (χ4v) is 3.21. The van der Waals surface area contributed by atoms with E-state index in [1.54, 1.807) is 6.07 Å². The molecule has 5 nitrogen and oxygen atoms in total. The number of hydrogen-bond donors (Lipinski definition) is 2. The van der Waals surface area contributed by atoms with Crippen molar-refractivity contribution in [2.24, 2.45) is 0 Å². The quantitative estimate of drug-likeness (QED) is 0.473. The Morgan fingerprint density at radius 3 is 2.53 bits per heavy atom. The third kappa shape index (κ3) is 2.42. The van der Waals surface area contributed by atoms with Crippen LogP contribution in [0, 0.1) is 0 Å². The highest BCUT2D eigenvalue weighted by atomic mass is 32.9. The number of anilines is 1. The normalized spacial score (nSPS) is 19.5. The van der Waals surface area contributed by atoms with Gasteiger partial charge in [0.05, 0.1) is 5.69 Å². The van der Waals surface area contributed by atoms with Crippen molar-refractivity contribution in [3.05, 3.63) is 18.3 Å². The van der Waals surface area contributed by atoms with Gasteiger partial charge in [0, 0.05) is 19.0 Å². The van der Waals surface area contributed by atoms with E-state index in [4.69, 9.17) is 11.8 Å². The van der Waals surface area contributed by atoms with Crippen LogP contribution in [0.2, 0.25) is 0 Å². The summed E-state index contributed by atoms with van der Waals surface area (Å²) in [4.78, 5) is 38.0. The lowest BCUT2D eigenvalue weighted by Gasteiger charge is -2.19. The van der Waals surface area contributed by atoms with E-state index >= 15 is 0 Å². The average molecular weight is 288 g/mol. The molecule has 0 aromatic carbocycles. The molecule has 0 spiro atoms. The Kier molecular flexibility index (Phi) is 3.36. The lowest BCUT2D eigenvalue weighted by atomic mass is 10.4. The Hall–Kier alpha value is -0.750. The van der Waals surface area contributed by atoms with Crippen LogP contribution in [-0.2, 0) is 21.4 Å². The summed E-state index contributed by atoms with van der Waals surface area (Å²) >= 11 is 8.81. The van der Waals surface area contributed by atoms with Crippen LogP contribution in [0.1, 0.15) is 12.8 Å². The van der Waals surface area contributed by atoms with Crippen molar-refractivity contribution in [3.8, 4) is 0 Å². The summed E-state index contributed by atoms with van der Waals surface area (Å²) in [7, 11) is 0. The van der Waals surface area contributed by atoms with E-state index in [-0.39, 0.29) is 35.8 Å². The predicted octanol–water partition coefficient (Wildman–Crippen LogP) is 0.592. The molecule has 1 aromatic rings. The minimum atomic E-state index is -3.09. The summed E-state index contributed by atoms with van der Waals surface area (Å²) in [6, 6.07) is 3.12. The van der Waals surface area contributed by atoms with Crippen LogP contribution in [0.3, 0.4) is 0 Å². The first-order valence-electron chi connectivity index (χ1n) is 4.78. The van der Waals surface area contributed by atoms with Gasteiger partial charge in [-0.25, -0.2) is 4.90 Å². The van der Waals surface area contributed by atoms with Gasteiger partial charge >= 0.3 is 0 Å².